The van der Waals surface area contributed by atoms with E-state index in [1.54, 1.807) is 20.2 Å². The molecule has 2 N–H and O–H groups in total. The Balaban J connectivity index is 1.30. The van der Waals surface area contributed by atoms with E-state index >= 15 is 0 Å². The Labute approximate surface area is 168 Å². The number of fused-ring (bicyclic) bond motifs is 1. The molecule has 4 rings (SSSR count). The van der Waals surface area contributed by atoms with Crippen LogP contribution in [0.4, 0.5) is 10.5 Å². The summed E-state index contributed by atoms with van der Waals surface area (Å²) >= 11 is 0. The maximum atomic E-state index is 12.2. The Kier molecular flexibility index (Phi) is 4.81. The molecule has 1 aromatic carbocycles. The smallest absolute Gasteiger partial charge is 0.325 e. The molecule has 9 nitrogen and oxygen atoms in total. The minimum absolute atomic E-state index is 0.0516. The van der Waals surface area contributed by atoms with Gasteiger partial charge in [-0.1, -0.05) is 12.1 Å². The summed E-state index contributed by atoms with van der Waals surface area (Å²) in [6.45, 7) is 4.20. The Bertz CT molecular complexity index is 949. The van der Waals surface area contributed by atoms with E-state index in [-0.39, 0.29) is 24.8 Å². The van der Waals surface area contributed by atoms with Gasteiger partial charge in [-0.25, -0.2) is 4.79 Å². The molecule has 2 aliphatic heterocycles. The molecule has 2 aliphatic rings. The summed E-state index contributed by atoms with van der Waals surface area (Å²) in [6.07, 6.45) is 3.74. The van der Waals surface area contributed by atoms with Crippen molar-refractivity contribution in [2.45, 2.75) is 51.1 Å². The first kappa shape index (κ1) is 19.1. The third kappa shape index (κ3) is 3.85. The quantitative estimate of drug-likeness (QED) is 0.747. The molecule has 1 fully saturated rings. The molecule has 152 valence electrons. The Morgan fingerprint density at radius 3 is 2.72 bits per heavy atom. The van der Waals surface area contributed by atoms with Gasteiger partial charge in [0.05, 0.1) is 0 Å². The van der Waals surface area contributed by atoms with Gasteiger partial charge >= 0.3 is 6.03 Å². The number of rotatable bonds is 5. The fraction of sp³-hybridized carbons (Fsp3) is 0.450. The molecule has 2 aromatic rings. The van der Waals surface area contributed by atoms with Crippen LogP contribution < -0.4 is 10.6 Å². The second kappa shape index (κ2) is 7.31. The van der Waals surface area contributed by atoms with E-state index in [4.69, 9.17) is 0 Å². The highest BCUT2D eigenvalue weighted by atomic mass is 16.2. The SMILES string of the molecule is CC1(C)NC(=O)N(CCC(=O)Nc2ccc(C3CCc4nncn4C3)cc2)C1=O. The lowest BCUT2D eigenvalue weighted by molar-refractivity contribution is -0.130. The van der Waals surface area contributed by atoms with Gasteiger partial charge < -0.3 is 15.2 Å². The van der Waals surface area contributed by atoms with Crippen LogP contribution in [0.15, 0.2) is 30.6 Å². The largest absolute Gasteiger partial charge is 0.326 e. The molecule has 0 saturated carbocycles. The highest BCUT2D eigenvalue weighted by Gasteiger charge is 2.43. The summed E-state index contributed by atoms with van der Waals surface area (Å²) in [7, 11) is 0. The summed E-state index contributed by atoms with van der Waals surface area (Å²) < 4.78 is 2.08. The number of aryl methyl sites for hydroxylation is 1. The predicted molar refractivity (Wildman–Crippen MR) is 105 cm³/mol. The number of hydrogen-bond acceptors (Lipinski definition) is 5. The lowest BCUT2D eigenvalue weighted by Gasteiger charge is -2.23. The summed E-state index contributed by atoms with van der Waals surface area (Å²) in [6, 6.07) is 7.35. The normalized spacial score (nSPS) is 20.3. The number of benzene rings is 1. The van der Waals surface area contributed by atoms with Crippen LogP contribution in [0.3, 0.4) is 0 Å². The van der Waals surface area contributed by atoms with E-state index in [0.29, 0.717) is 11.6 Å². The number of imide groups is 1. The zero-order chi connectivity index (χ0) is 20.6. The van der Waals surface area contributed by atoms with E-state index < -0.39 is 11.6 Å². The predicted octanol–water partition coefficient (Wildman–Crippen LogP) is 1.67. The first-order valence-electron chi connectivity index (χ1n) is 9.74. The standard InChI is InChI=1S/C20H24N6O3/c1-20(2)18(28)26(19(29)23-20)10-9-17(27)22-15-6-3-13(4-7-15)14-5-8-16-24-21-12-25(16)11-14/h3-4,6-7,12,14H,5,8-11H2,1-2H3,(H,22,27)(H,23,29). The fourth-order valence-electron chi connectivity index (χ4n) is 3.83. The van der Waals surface area contributed by atoms with E-state index in [1.165, 1.54) is 5.56 Å². The molecular weight excluding hydrogens is 372 g/mol. The number of aromatic nitrogens is 3. The number of carbonyl (C=O) groups is 3. The second-order valence-electron chi connectivity index (χ2n) is 8.07. The summed E-state index contributed by atoms with van der Waals surface area (Å²) in [5.41, 5.74) is 0.983. The first-order valence-corrected chi connectivity index (χ1v) is 9.74. The van der Waals surface area contributed by atoms with Crippen molar-refractivity contribution in [1.82, 2.24) is 25.0 Å². The van der Waals surface area contributed by atoms with Crippen molar-refractivity contribution in [3.8, 4) is 0 Å². The maximum Gasteiger partial charge on any atom is 0.325 e. The zero-order valence-corrected chi connectivity index (χ0v) is 16.5. The van der Waals surface area contributed by atoms with Crippen LogP contribution in [0.2, 0.25) is 0 Å². The van der Waals surface area contributed by atoms with Crippen molar-refractivity contribution in [2.75, 3.05) is 11.9 Å². The van der Waals surface area contributed by atoms with Gasteiger partial charge in [-0.3, -0.25) is 14.5 Å². The minimum Gasteiger partial charge on any atom is -0.326 e. The molecule has 0 bridgehead atoms. The second-order valence-corrected chi connectivity index (χ2v) is 8.07. The molecule has 0 radical (unpaired) electrons. The monoisotopic (exact) mass is 396 g/mol. The molecule has 4 amide bonds. The molecule has 3 heterocycles. The molecular formula is C20H24N6O3. The van der Waals surface area contributed by atoms with Crippen LogP contribution in [-0.2, 0) is 22.6 Å². The van der Waals surface area contributed by atoms with Crippen molar-refractivity contribution >= 4 is 23.5 Å². The van der Waals surface area contributed by atoms with E-state index in [1.807, 2.05) is 24.3 Å². The van der Waals surface area contributed by atoms with Crippen LogP contribution in [0.5, 0.6) is 0 Å². The maximum absolute atomic E-state index is 12.2. The van der Waals surface area contributed by atoms with Gasteiger partial charge in [0.15, 0.2) is 0 Å². The Morgan fingerprint density at radius 2 is 2.03 bits per heavy atom. The number of nitrogens with one attached hydrogen (secondary N) is 2. The molecule has 0 spiro atoms. The van der Waals surface area contributed by atoms with Crippen molar-refractivity contribution in [2.24, 2.45) is 0 Å². The van der Waals surface area contributed by atoms with Crippen molar-refractivity contribution in [3.63, 3.8) is 0 Å². The van der Waals surface area contributed by atoms with Crippen LogP contribution >= 0.6 is 0 Å². The lowest BCUT2D eigenvalue weighted by Crippen LogP contribution is -2.40. The molecule has 1 atom stereocenters. The third-order valence-electron chi connectivity index (χ3n) is 5.50. The third-order valence-corrected chi connectivity index (χ3v) is 5.50. The lowest BCUT2D eigenvalue weighted by atomic mass is 9.91. The van der Waals surface area contributed by atoms with Gasteiger partial charge in [0.1, 0.15) is 17.7 Å². The van der Waals surface area contributed by atoms with Gasteiger partial charge in [0, 0.05) is 37.5 Å². The van der Waals surface area contributed by atoms with Crippen molar-refractivity contribution in [3.05, 3.63) is 42.0 Å². The molecule has 9 heteroatoms. The number of nitrogens with zero attached hydrogens (tertiary/aromatic N) is 4. The Hall–Kier alpha value is -3.23. The Morgan fingerprint density at radius 1 is 1.28 bits per heavy atom. The number of hydrogen-bond donors (Lipinski definition) is 2. The molecule has 1 aromatic heterocycles. The summed E-state index contributed by atoms with van der Waals surface area (Å²) in [5.74, 6) is 0.864. The average Bonchev–Trinajstić information content (AvgIpc) is 3.22. The van der Waals surface area contributed by atoms with Crippen LogP contribution in [0.1, 0.15) is 44.0 Å². The van der Waals surface area contributed by atoms with E-state index in [2.05, 4.69) is 25.4 Å². The average molecular weight is 396 g/mol. The molecule has 0 aliphatic carbocycles. The van der Waals surface area contributed by atoms with Crippen LogP contribution in [-0.4, -0.2) is 49.6 Å². The van der Waals surface area contributed by atoms with Gasteiger partial charge in [0.2, 0.25) is 5.91 Å². The van der Waals surface area contributed by atoms with E-state index in [9.17, 15) is 14.4 Å². The highest BCUT2D eigenvalue weighted by molar-refractivity contribution is 6.06. The van der Waals surface area contributed by atoms with Crippen LogP contribution in [0, 0.1) is 0 Å². The summed E-state index contributed by atoms with van der Waals surface area (Å²) in [4.78, 5) is 37.4. The number of amides is 4. The van der Waals surface area contributed by atoms with Crippen LogP contribution in [0.25, 0.3) is 0 Å². The first-order chi connectivity index (χ1) is 13.8. The van der Waals surface area contributed by atoms with E-state index in [0.717, 1.165) is 30.1 Å². The fourth-order valence-corrected chi connectivity index (χ4v) is 3.83. The molecule has 1 unspecified atom stereocenters. The molecule has 1 saturated heterocycles. The molecule has 29 heavy (non-hydrogen) atoms. The van der Waals surface area contributed by atoms with Gasteiger partial charge in [-0.2, -0.15) is 0 Å². The van der Waals surface area contributed by atoms with Crippen molar-refractivity contribution < 1.29 is 14.4 Å². The summed E-state index contributed by atoms with van der Waals surface area (Å²) in [5, 5.41) is 13.5. The van der Waals surface area contributed by atoms with Gasteiger partial charge in [-0.05, 0) is 38.0 Å². The van der Waals surface area contributed by atoms with Gasteiger partial charge in [-0.15, -0.1) is 10.2 Å². The topological polar surface area (TPSA) is 109 Å². The highest BCUT2D eigenvalue weighted by Crippen LogP contribution is 2.28. The number of urea groups is 1. The minimum atomic E-state index is -0.921. The van der Waals surface area contributed by atoms with Crippen molar-refractivity contribution in [1.29, 1.82) is 0 Å². The van der Waals surface area contributed by atoms with Gasteiger partial charge in [0.25, 0.3) is 5.91 Å². The number of anilines is 1. The number of carbonyl (C=O) groups excluding carboxylic acids is 3. The zero-order valence-electron chi connectivity index (χ0n) is 16.5.